The third-order valence-corrected chi connectivity index (χ3v) is 4.64. The van der Waals surface area contributed by atoms with E-state index in [-0.39, 0.29) is 6.10 Å². The number of thiazole rings is 1. The molecule has 1 atom stereocenters. The molecule has 2 rings (SSSR count). The molecule has 5 heteroatoms. The largest absolute Gasteiger partial charge is 0.376 e. The Morgan fingerprint density at radius 2 is 2.29 bits per heavy atom. The third kappa shape index (κ3) is 3.42. The number of rotatable bonds is 6. The topological polar surface area (TPSA) is 48.1 Å². The van der Waals surface area contributed by atoms with Gasteiger partial charge < -0.3 is 10.5 Å². The summed E-state index contributed by atoms with van der Waals surface area (Å²) in [5.41, 5.74) is 6.71. The number of nitrogens with two attached hydrogens (primary N) is 1. The minimum absolute atomic E-state index is 0.122. The summed E-state index contributed by atoms with van der Waals surface area (Å²) in [5, 5.41) is 0. The van der Waals surface area contributed by atoms with Crippen LogP contribution >= 0.6 is 23.1 Å². The van der Waals surface area contributed by atoms with Crippen LogP contribution in [0.2, 0.25) is 0 Å². The molecule has 0 fully saturated rings. The fraction of sp³-hybridized carbons (Fsp3) is 0.417. The molecular weight excluding hydrogens is 252 g/mol. The monoisotopic (exact) mass is 268 g/mol. The lowest BCUT2D eigenvalue weighted by molar-refractivity contribution is 0.0858. The van der Waals surface area contributed by atoms with Gasteiger partial charge in [0.2, 0.25) is 0 Å². The summed E-state index contributed by atoms with van der Waals surface area (Å²) in [6, 6.07) is 8.19. The van der Waals surface area contributed by atoms with E-state index >= 15 is 0 Å². The summed E-state index contributed by atoms with van der Waals surface area (Å²) in [6.07, 6.45) is 0.122. The molecule has 2 aromatic rings. The second kappa shape index (κ2) is 6.35. The highest BCUT2D eigenvalue weighted by atomic mass is 32.2. The Kier molecular flexibility index (Phi) is 4.79. The summed E-state index contributed by atoms with van der Waals surface area (Å²) in [5.74, 6) is 0.865. The lowest BCUT2D eigenvalue weighted by Gasteiger charge is -2.12. The molecule has 17 heavy (non-hydrogen) atoms. The summed E-state index contributed by atoms with van der Waals surface area (Å²) >= 11 is 3.44. The Morgan fingerprint density at radius 1 is 1.47 bits per heavy atom. The number of aromatic nitrogens is 1. The molecule has 0 aliphatic carbocycles. The van der Waals surface area contributed by atoms with Gasteiger partial charge in [0.05, 0.1) is 16.3 Å². The number of hydrogen-bond donors (Lipinski definition) is 1. The predicted molar refractivity (Wildman–Crippen MR) is 74.8 cm³/mol. The zero-order chi connectivity index (χ0) is 12.1. The number of nitrogens with zero attached hydrogens (tertiary/aromatic N) is 1. The van der Waals surface area contributed by atoms with Gasteiger partial charge in [-0.15, -0.1) is 11.3 Å². The molecule has 1 aromatic heterocycles. The Morgan fingerprint density at radius 3 is 3.00 bits per heavy atom. The molecule has 3 nitrogen and oxygen atoms in total. The quantitative estimate of drug-likeness (QED) is 0.818. The van der Waals surface area contributed by atoms with E-state index in [0.717, 1.165) is 15.6 Å². The Labute approximate surface area is 109 Å². The van der Waals surface area contributed by atoms with Crippen LogP contribution in [0.25, 0.3) is 10.2 Å². The number of para-hydroxylation sites is 1. The second-order valence-corrected chi connectivity index (χ2v) is 5.87. The molecular formula is C12H16N2OS2. The van der Waals surface area contributed by atoms with Gasteiger partial charge in [-0.3, -0.25) is 0 Å². The molecule has 92 valence electrons. The van der Waals surface area contributed by atoms with E-state index in [1.807, 2.05) is 25.1 Å². The van der Waals surface area contributed by atoms with Crippen molar-refractivity contribution in [1.82, 2.24) is 4.98 Å². The van der Waals surface area contributed by atoms with Crippen molar-refractivity contribution >= 4 is 33.3 Å². The molecule has 0 aliphatic heterocycles. The highest BCUT2D eigenvalue weighted by Crippen LogP contribution is 2.29. The van der Waals surface area contributed by atoms with E-state index in [0.29, 0.717) is 13.2 Å². The number of thioether (sulfide) groups is 1. The van der Waals surface area contributed by atoms with Crippen molar-refractivity contribution in [3.05, 3.63) is 24.3 Å². The molecule has 0 spiro atoms. The van der Waals surface area contributed by atoms with Crippen LogP contribution in [0.3, 0.4) is 0 Å². The highest BCUT2D eigenvalue weighted by Gasteiger charge is 2.09. The molecule has 0 radical (unpaired) electrons. The van der Waals surface area contributed by atoms with Gasteiger partial charge in [0.1, 0.15) is 0 Å². The molecule has 0 bridgehead atoms. The predicted octanol–water partition coefficient (Wildman–Crippen LogP) is 2.75. The van der Waals surface area contributed by atoms with Crippen molar-refractivity contribution in [2.45, 2.75) is 17.4 Å². The maximum Gasteiger partial charge on any atom is 0.151 e. The molecule has 0 amide bonds. The fourth-order valence-corrected chi connectivity index (χ4v) is 3.63. The van der Waals surface area contributed by atoms with Crippen LogP contribution in [-0.2, 0) is 4.74 Å². The zero-order valence-electron chi connectivity index (χ0n) is 9.76. The van der Waals surface area contributed by atoms with E-state index in [1.165, 1.54) is 4.70 Å². The SMILES string of the molecule is CCOC(CN)CSc1nc2ccccc2s1. The van der Waals surface area contributed by atoms with Crippen LogP contribution in [0.5, 0.6) is 0 Å². The van der Waals surface area contributed by atoms with Crippen LogP contribution in [0.1, 0.15) is 6.92 Å². The summed E-state index contributed by atoms with van der Waals surface area (Å²) in [7, 11) is 0. The van der Waals surface area contributed by atoms with Crippen molar-refractivity contribution in [3.8, 4) is 0 Å². The molecule has 0 saturated heterocycles. The Balaban J connectivity index is 1.98. The van der Waals surface area contributed by atoms with E-state index in [9.17, 15) is 0 Å². The van der Waals surface area contributed by atoms with Crippen molar-refractivity contribution in [3.63, 3.8) is 0 Å². The first kappa shape index (κ1) is 12.8. The van der Waals surface area contributed by atoms with Gasteiger partial charge in [-0.1, -0.05) is 23.9 Å². The molecule has 1 aromatic carbocycles. The van der Waals surface area contributed by atoms with Crippen molar-refractivity contribution < 1.29 is 4.74 Å². The molecule has 1 heterocycles. The van der Waals surface area contributed by atoms with E-state index in [2.05, 4.69) is 11.1 Å². The first-order chi connectivity index (χ1) is 8.33. The molecule has 0 saturated carbocycles. The maximum atomic E-state index is 5.64. The van der Waals surface area contributed by atoms with Crippen LogP contribution in [0.15, 0.2) is 28.6 Å². The number of fused-ring (bicyclic) bond motifs is 1. The van der Waals surface area contributed by atoms with Gasteiger partial charge in [-0.05, 0) is 19.1 Å². The van der Waals surface area contributed by atoms with Crippen LogP contribution in [-0.4, -0.2) is 30.0 Å². The van der Waals surface area contributed by atoms with E-state index < -0.39 is 0 Å². The van der Waals surface area contributed by atoms with Gasteiger partial charge in [0, 0.05) is 18.9 Å². The van der Waals surface area contributed by atoms with Crippen LogP contribution in [0.4, 0.5) is 0 Å². The molecule has 2 N–H and O–H groups in total. The first-order valence-electron chi connectivity index (χ1n) is 5.63. The van der Waals surface area contributed by atoms with Crippen LogP contribution in [0, 0.1) is 0 Å². The van der Waals surface area contributed by atoms with Gasteiger partial charge in [-0.25, -0.2) is 4.98 Å². The highest BCUT2D eigenvalue weighted by molar-refractivity contribution is 8.01. The zero-order valence-corrected chi connectivity index (χ0v) is 11.4. The van der Waals surface area contributed by atoms with Crippen molar-refractivity contribution in [2.24, 2.45) is 5.73 Å². The number of ether oxygens (including phenoxy) is 1. The Hall–Kier alpha value is -0.620. The molecule has 1 unspecified atom stereocenters. The standard InChI is InChI=1S/C12H16N2OS2/c1-2-15-9(7-13)8-16-12-14-10-5-3-4-6-11(10)17-12/h3-6,9H,2,7-8,13H2,1H3. The fourth-order valence-electron chi connectivity index (χ4n) is 1.50. The number of benzene rings is 1. The lowest BCUT2D eigenvalue weighted by atomic mass is 10.3. The lowest BCUT2D eigenvalue weighted by Crippen LogP contribution is -2.26. The average Bonchev–Trinajstić information content (AvgIpc) is 2.77. The smallest absolute Gasteiger partial charge is 0.151 e. The van der Waals surface area contributed by atoms with E-state index in [4.69, 9.17) is 10.5 Å². The maximum absolute atomic E-state index is 5.64. The number of hydrogen-bond acceptors (Lipinski definition) is 5. The summed E-state index contributed by atoms with van der Waals surface area (Å²) in [4.78, 5) is 4.56. The summed E-state index contributed by atoms with van der Waals surface area (Å²) in [6.45, 7) is 3.26. The van der Waals surface area contributed by atoms with Crippen molar-refractivity contribution in [2.75, 3.05) is 18.9 Å². The van der Waals surface area contributed by atoms with Crippen LogP contribution < -0.4 is 5.73 Å². The van der Waals surface area contributed by atoms with E-state index in [1.54, 1.807) is 23.1 Å². The average molecular weight is 268 g/mol. The minimum Gasteiger partial charge on any atom is -0.376 e. The normalized spacial score (nSPS) is 13.1. The third-order valence-electron chi connectivity index (χ3n) is 2.33. The Bertz CT molecular complexity index is 439. The van der Waals surface area contributed by atoms with Gasteiger partial charge in [0.15, 0.2) is 4.34 Å². The van der Waals surface area contributed by atoms with Gasteiger partial charge >= 0.3 is 0 Å². The summed E-state index contributed by atoms with van der Waals surface area (Å²) < 4.78 is 7.84. The minimum atomic E-state index is 0.122. The van der Waals surface area contributed by atoms with Gasteiger partial charge in [-0.2, -0.15) is 0 Å². The molecule has 0 aliphatic rings. The first-order valence-corrected chi connectivity index (χ1v) is 7.43. The second-order valence-electron chi connectivity index (χ2n) is 3.57. The van der Waals surface area contributed by atoms with Crippen molar-refractivity contribution in [1.29, 1.82) is 0 Å². The van der Waals surface area contributed by atoms with Gasteiger partial charge in [0.25, 0.3) is 0 Å².